The maximum atomic E-state index is 12.4. The Bertz CT molecular complexity index is 990. The average Bonchev–Trinajstić information content (AvgIpc) is 3.34. The molecule has 1 aliphatic heterocycles. The highest BCUT2D eigenvalue weighted by molar-refractivity contribution is 7.12. The summed E-state index contributed by atoms with van der Waals surface area (Å²) < 4.78 is 11.2. The minimum absolute atomic E-state index is 0.147. The van der Waals surface area contributed by atoms with Crippen molar-refractivity contribution < 1.29 is 19.1 Å². The number of hydrogen-bond donors (Lipinski definition) is 1. The molecule has 0 spiro atoms. The summed E-state index contributed by atoms with van der Waals surface area (Å²) in [4.78, 5) is 27.5. The molecule has 2 heterocycles. The molecule has 2 aromatic carbocycles. The predicted octanol–water partition coefficient (Wildman–Crippen LogP) is 4.06. The zero-order valence-corrected chi connectivity index (χ0v) is 17.8. The highest BCUT2D eigenvalue weighted by Crippen LogP contribution is 2.16. The number of nitrogens with zero attached hydrogens (tertiary/aromatic N) is 1. The van der Waals surface area contributed by atoms with Crippen LogP contribution in [0.3, 0.4) is 0 Å². The van der Waals surface area contributed by atoms with Crippen LogP contribution < -0.4 is 5.32 Å². The number of nitrogens with one attached hydrogen (secondary N) is 1. The van der Waals surface area contributed by atoms with Crippen LogP contribution >= 0.6 is 11.3 Å². The molecule has 160 valence electrons. The van der Waals surface area contributed by atoms with Gasteiger partial charge in [-0.25, -0.2) is 4.79 Å². The molecule has 0 radical (unpaired) electrons. The second-order valence-corrected chi connectivity index (χ2v) is 8.27. The van der Waals surface area contributed by atoms with Crippen LogP contribution in [-0.2, 0) is 16.0 Å². The Morgan fingerprint density at radius 3 is 2.61 bits per heavy atom. The topological polar surface area (TPSA) is 67.9 Å². The van der Waals surface area contributed by atoms with E-state index < -0.39 is 5.97 Å². The molecule has 4 rings (SSSR count). The maximum absolute atomic E-state index is 12.4. The fourth-order valence-corrected chi connectivity index (χ4v) is 4.03. The number of benzene rings is 2. The zero-order chi connectivity index (χ0) is 21.5. The summed E-state index contributed by atoms with van der Waals surface area (Å²) in [5.74, 6) is -0.570. The molecule has 1 saturated heterocycles. The third kappa shape index (κ3) is 6.01. The van der Waals surface area contributed by atoms with E-state index >= 15 is 0 Å². The number of amides is 1. The Labute approximate surface area is 185 Å². The van der Waals surface area contributed by atoms with E-state index in [1.54, 1.807) is 30.3 Å². The van der Waals surface area contributed by atoms with E-state index in [0.717, 1.165) is 19.6 Å². The fraction of sp³-hybridized carbons (Fsp3) is 0.250. The largest absolute Gasteiger partial charge is 0.459 e. The van der Waals surface area contributed by atoms with E-state index in [4.69, 9.17) is 9.47 Å². The van der Waals surface area contributed by atoms with Gasteiger partial charge in [0.15, 0.2) is 0 Å². The summed E-state index contributed by atoms with van der Waals surface area (Å²) in [6.45, 7) is 3.26. The molecule has 1 aliphatic rings. The van der Waals surface area contributed by atoms with Crippen LogP contribution in [0.15, 0.2) is 72.1 Å². The number of anilines is 1. The molecule has 0 bridgehead atoms. The van der Waals surface area contributed by atoms with Crippen LogP contribution in [0.4, 0.5) is 5.69 Å². The maximum Gasteiger partial charge on any atom is 0.338 e. The molecule has 0 aliphatic carbocycles. The van der Waals surface area contributed by atoms with E-state index in [0.29, 0.717) is 22.7 Å². The molecule has 1 aromatic heterocycles. The van der Waals surface area contributed by atoms with Crippen molar-refractivity contribution in [3.63, 3.8) is 0 Å². The molecule has 0 saturated carbocycles. The normalized spacial score (nSPS) is 16.6. The van der Waals surface area contributed by atoms with Gasteiger partial charge in [-0.15, -0.1) is 11.3 Å². The number of carbonyl (C=O) groups excluding carboxylic acids is 2. The molecule has 1 N–H and O–H groups in total. The number of carbonyl (C=O) groups is 2. The lowest BCUT2D eigenvalue weighted by Crippen LogP contribution is -2.44. The van der Waals surface area contributed by atoms with Crippen LogP contribution in [-0.4, -0.2) is 49.2 Å². The molecule has 1 unspecified atom stereocenters. The van der Waals surface area contributed by atoms with Crippen molar-refractivity contribution in [2.75, 3.05) is 31.6 Å². The minimum Gasteiger partial charge on any atom is -0.459 e. The monoisotopic (exact) mass is 436 g/mol. The van der Waals surface area contributed by atoms with Crippen LogP contribution in [0.25, 0.3) is 0 Å². The second-order valence-electron chi connectivity index (χ2n) is 7.32. The molecule has 31 heavy (non-hydrogen) atoms. The first kappa shape index (κ1) is 21.2. The van der Waals surface area contributed by atoms with Gasteiger partial charge in [0.2, 0.25) is 0 Å². The van der Waals surface area contributed by atoms with Crippen LogP contribution in [0.1, 0.15) is 25.6 Å². The lowest BCUT2D eigenvalue weighted by Gasteiger charge is -2.32. The summed E-state index contributed by atoms with van der Waals surface area (Å²) >= 11 is 1.38. The molecule has 1 atom stereocenters. The first-order valence-electron chi connectivity index (χ1n) is 10.2. The number of esters is 1. The SMILES string of the molecule is O=C(OCC1CN(Cc2ccccc2)CCO1)c1ccc(NC(=O)c2cccs2)cc1. The molecule has 3 aromatic rings. The van der Waals surface area contributed by atoms with Crippen molar-refractivity contribution in [2.45, 2.75) is 12.6 Å². The summed E-state index contributed by atoms with van der Waals surface area (Å²) in [7, 11) is 0. The van der Waals surface area contributed by atoms with Gasteiger partial charge < -0.3 is 14.8 Å². The van der Waals surface area contributed by atoms with Gasteiger partial charge in [0.05, 0.1) is 17.0 Å². The first-order valence-corrected chi connectivity index (χ1v) is 11.1. The number of rotatable bonds is 7. The molecule has 7 heteroatoms. The van der Waals surface area contributed by atoms with Gasteiger partial charge in [-0.2, -0.15) is 0 Å². The van der Waals surface area contributed by atoms with Gasteiger partial charge >= 0.3 is 5.97 Å². The molecule has 6 nitrogen and oxygen atoms in total. The highest BCUT2D eigenvalue weighted by Gasteiger charge is 2.22. The van der Waals surface area contributed by atoms with Gasteiger partial charge in [-0.05, 0) is 41.3 Å². The summed E-state index contributed by atoms with van der Waals surface area (Å²) in [5, 5.41) is 4.66. The second kappa shape index (κ2) is 10.3. The van der Waals surface area contributed by atoms with E-state index in [9.17, 15) is 9.59 Å². The lowest BCUT2D eigenvalue weighted by atomic mass is 10.2. The van der Waals surface area contributed by atoms with Gasteiger partial charge in [0.25, 0.3) is 5.91 Å². The van der Waals surface area contributed by atoms with Crippen molar-refractivity contribution in [2.24, 2.45) is 0 Å². The molecular formula is C24H24N2O4S. The van der Waals surface area contributed by atoms with Gasteiger partial charge in [-0.3, -0.25) is 9.69 Å². The van der Waals surface area contributed by atoms with Crippen molar-refractivity contribution >= 4 is 28.9 Å². The van der Waals surface area contributed by atoms with Crippen molar-refractivity contribution in [3.8, 4) is 0 Å². The number of morpholine rings is 1. The van der Waals surface area contributed by atoms with Crippen LogP contribution in [0.5, 0.6) is 0 Å². The Morgan fingerprint density at radius 2 is 1.87 bits per heavy atom. The van der Waals surface area contributed by atoms with Crippen molar-refractivity contribution in [3.05, 3.63) is 88.1 Å². The molecule has 1 fully saturated rings. The van der Waals surface area contributed by atoms with Gasteiger partial charge in [0, 0.05) is 25.3 Å². The van der Waals surface area contributed by atoms with Crippen LogP contribution in [0, 0.1) is 0 Å². The average molecular weight is 437 g/mol. The number of thiophene rings is 1. The smallest absolute Gasteiger partial charge is 0.338 e. The fourth-order valence-electron chi connectivity index (χ4n) is 3.41. The predicted molar refractivity (Wildman–Crippen MR) is 120 cm³/mol. The standard InChI is InChI=1S/C24H24N2O4S/c27-23(22-7-4-14-31-22)25-20-10-8-19(9-11-20)24(28)30-17-21-16-26(12-13-29-21)15-18-5-2-1-3-6-18/h1-11,14,21H,12-13,15-17H2,(H,25,27). The summed E-state index contributed by atoms with van der Waals surface area (Å²) in [6, 6.07) is 20.6. The summed E-state index contributed by atoms with van der Waals surface area (Å²) in [6.07, 6.45) is -0.147. The Kier molecular flexibility index (Phi) is 7.09. The highest BCUT2D eigenvalue weighted by atomic mass is 32.1. The van der Waals surface area contributed by atoms with E-state index in [2.05, 4.69) is 22.3 Å². The molecular weight excluding hydrogens is 412 g/mol. The van der Waals surface area contributed by atoms with Gasteiger partial charge in [-0.1, -0.05) is 36.4 Å². The van der Waals surface area contributed by atoms with E-state index in [-0.39, 0.29) is 18.6 Å². The first-order chi connectivity index (χ1) is 15.2. The van der Waals surface area contributed by atoms with Crippen molar-refractivity contribution in [1.29, 1.82) is 0 Å². The van der Waals surface area contributed by atoms with Gasteiger partial charge in [0.1, 0.15) is 12.7 Å². The van der Waals surface area contributed by atoms with E-state index in [1.807, 2.05) is 29.6 Å². The zero-order valence-electron chi connectivity index (χ0n) is 17.0. The third-order valence-electron chi connectivity index (χ3n) is 5.00. The summed E-state index contributed by atoms with van der Waals surface area (Å²) in [5.41, 5.74) is 2.32. The minimum atomic E-state index is -0.403. The van der Waals surface area contributed by atoms with E-state index in [1.165, 1.54) is 16.9 Å². The Morgan fingerprint density at radius 1 is 1.06 bits per heavy atom. The number of hydrogen-bond acceptors (Lipinski definition) is 6. The molecule has 1 amide bonds. The third-order valence-corrected chi connectivity index (χ3v) is 5.86. The van der Waals surface area contributed by atoms with Crippen LogP contribution in [0.2, 0.25) is 0 Å². The quantitative estimate of drug-likeness (QED) is 0.566. The lowest BCUT2D eigenvalue weighted by molar-refractivity contribution is -0.0612. The van der Waals surface area contributed by atoms with Crippen molar-refractivity contribution in [1.82, 2.24) is 4.90 Å². The number of ether oxygens (including phenoxy) is 2. The Balaban J connectivity index is 1.25. The Hall–Kier alpha value is -3.00.